The maximum Gasteiger partial charge on any atom is 0.213 e. The summed E-state index contributed by atoms with van der Waals surface area (Å²) in [5.41, 5.74) is 2.24. The molecule has 0 aliphatic carbocycles. The Labute approximate surface area is 142 Å². The van der Waals surface area contributed by atoms with Gasteiger partial charge in [-0.15, -0.1) is 0 Å². The van der Waals surface area contributed by atoms with Crippen LogP contribution in [-0.2, 0) is 0 Å². The number of nitrogens with zero attached hydrogens (tertiary/aromatic N) is 4. The topological polar surface area (TPSA) is 43.6 Å². The lowest BCUT2D eigenvalue weighted by atomic mass is 9.96. The first kappa shape index (κ1) is 14.8. The second-order valence-corrected chi connectivity index (χ2v) is 5.82. The fraction of sp³-hybridized carbons (Fsp3) is 0.0556. The first-order chi connectivity index (χ1) is 11.7. The van der Waals surface area contributed by atoms with Gasteiger partial charge in [-0.25, -0.2) is 14.6 Å². The van der Waals surface area contributed by atoms with Crippen LogP contribution in [0.5, 0.6) is 0 Å². The van der Waals surface area contributed by atoms with Gasteiger partial charge in [0.25, 0.3) is 0 Å². The molecule has 0 bridgehead atoms. The van der Waals surface area contributed by atoms with Gasteiger partial charge in [-0.05, 0) is 35.4 Å². The molecule has 0 aliphatic heterocycles. The molecule has 118 valence electrons. The molecule has 24 heavy (non-hydrogen) atoms. The fourth-order valence-corrected chi connectivity index (χ4v) is 3.10. The molecule has 0 radical (unpaired) electrons. The molecule has 6 heteroatoms. The minimum absolute atomic E-state index is 0.353. The van der Waals surface area contributed by atoms with Crippen molar-refractivity contribution in [2.75, 3.05) is 0 Å². The van der Waals surface area contributed by atoms with Crippen molar-refractivity contribution < 1.29 is 4.39 Å². The summed E-state index contributed by atoms with van der Waals surface area (Å²) in [5, 5.41) is 5.72. The van der Waals surface area contributed by atoms with E-state index in [2.05, 4.69) is 15.1 Å². The van der Waals surface area contributed by atoms with E-state index >= 15 is 0 Å². The van der Waals surface area contributed by atoms with E-state index in [1.54, 1.807) is 23.1 Å². The number of hydrogen-bond acceptors (Lipinski definition) is 3. The summed E-state index contributed by atoms with van der Waals surface area (Å²) in [4.78, 5) is 8.00. The van der Waals surface area contributed by atoms with Crippen molar-refractivity contribution in [3.63, 3.8) is 0 Å². The monoisotopic (exact) mass is 338 g/mol. The Morgan fingerprint density at radius 2 is 1.92 bits per heavy atom. The molecule has 4 nitrogen and oxygen atoms in total. The lowest BCUT2D eigenvalue weighted by Gasteiger charge is -2.20. The van der Waals surface area contributed by atoms with Crippen LogP contribution in [0.3, 0.4) is 0 Å². The predicted molar refractivity (Wildman–Crippen MR) is 90.4 cm³/mol. The number of hydrogen-bond donors (Lipinski definition) is 0. The van der Waals surface area contributed by atoms with Crippen molar-refractivity contribution in [3.05, 3.63) is 89.3 Å². The fourth-order valence-electron chi connectivity index (χ4n) is 2.90. The molecule has 4 aromatic rings. The number of aromatic nitrogens is 4. The van der Waals surface area contributed by atoms with Crippen molar-refractivity contribution in [2.45, 2.75) is 6.04 Å². The number of para-hydroxylation sites is 1. The summed E-state index contributed by atoms with van der Waals surface area (Å²) in [7, 11) is 0. The smallest absolute Gasteiger partial charge is 0.213 e. The second-order valence-electron chi connectivity index (χ2n) is 5.38. The van der Waals surface area contributed by atoms with Gasteiger partial charge >= 0.3 is 0 Å². The van der Waals surface area contributed by atoms with Gasteiger partial charge in [0.05, 0.1) is 5.52 Å². The highest BCUT2D eigenvalue weighted by atomic mass is 35.5. The Morgan fingerprint density at radius 1 is 1.04 bits per heavy atom. The number of halogens is 2. The van der Waals surface area contributed by atoms with Gasteiger partial charge in [0.1, 0.15) is 18.7 Å². The third-order valence-electron chi connectivity index (χ3n) is 3.88. The van der Waals surface area contributed by atoms with Crippen LogP contribution in [0.2, 0.25) is 5.02 Å². The predicted octanol–water partition coefficient (Wildman–Crippen LogP) is 4.26. The molecule has 0 spiro atoms. The summed E-state index contributed by atoms with van der Waals surface area (Å²) < 4.78 is 15.8. The van der Waals surface area contributed by atoms with Crippen molar-refractivity contribution in [2.24, 2.45) is 0 Å². The maximum atomic E-state index is 14.1. The molecule has 0 fully saturated rings. The van der Waals surface area contributed by atoms with E-state index in [1.165, 1.54) is 12.4 Å². The molecule has 2 heterocycles. The largest absolute Gasteiger partial charge is 0.241 e. The molecule has 1 unspecified atom stereocenters. The van der Waals surface area contributed by atoms with Crippen molar-refractivity contribution in [3.8, 4) is 0 Å². The van der Waals surface area contributed by atoms with Gasteiger partial charge < -0.3 is 0 Å². The molecule has 2 aromatic carbocycles. The van der Waals surface area contributed by atoms with Crippen LogP contribution in [0.1, 0.15) is 17.2 Å². The highest BCUT2D eigenvalue weighted by molar-refractivity contribution is 6.30. The highest BCUT2D eigenvalue weighted by Gasteiger charge is 2.21. The average molecular weight is 339 g/mol. The Bertz CT molecular complexity index is 1000. The van der Waals surface area contributed by atoms with Crippen LogP contribution in [-0.4, -0.2) is 19.7 Å². The maximum absolute atomic E-state index is 14.1. The van der Waals surface area contributed by atoms with Gasteiger partial charge in [0.2, 0.25) is 5.95 Å². The lowest BCUT2D eigenvalue weighted by Crippen LogP contribution is -2.14. The Kier molecular flexibility index (Phi) is 3.70. The molecule has 0 saturated carbocycles. The molecular weight excluding hydrogens is 327 g/mol. The molecule has 4 rings (SSSR count). The van der Waals surface area contributed by atoms with Crippen LogP contribution in [0.25, 0.3) is 10.9 Å². The van der Waals surface area contributed by atoms with E-state index in [0.717, 1.165) is 16.5 Å². The van der Waals surface area contributed by atoms with Gasteiger partial charge in [-0.1, -0.05) is 41.9 Å². The minimum Gasteiger partial charge on any atom is -0.241 e. The Hall–Kier alpha value is -2.79. The van der Waals surface area contributed by atoms with Crippen LogP contribution >= 0.6 is 11.6 Å². The second kappa shape index (κ2) is 6.02. The number of rotatable bonds is 3. The van der Waals surface area contributed by atoms with Crippen LogP contribution in [0.15, 0.2) is 67.3 Å². The minimum atomic E-state index is -0.532. The lowest BCUT2D eigenvalue weighted by molar-refractivity contribution is 0.567. The number of fused-ring (bicyclic) bond motifs is 1. The van der Waals surface area contributed by atoms with E-state index in [0.29, 0.717) is 10.5 Å². The summed E-state index contributed by atoms with van der Waals surface area (Å²) >= 11 is 6.16. The first-order valence-electron chi connectivity index (χ1n) is 7.37. The Balaban J connectivity index is 2.01. The third-order valence-corrected chi connectivity index (χ3v) is 4.11. The van der Waals surface area contributed by atoms with E-state index in [9.17, 15) is 4.39 Å². The highest BCUT2D eigenvalue weighted by Crippen LogP contribution is 2.32. The van der Waals surface area contributed by atoms with Crippen molar-refractivity contribution >= 4 is 22.5 Å². The van der Waals surface area contributed by atoms with E-state index in [-0.39, 0.29) is 6.04 Å². The molecule has 0 amide bonds. The van der Waals surface area contributed by atoms with E-state index in [4.69, 9.17) is 11.6 Å². The Morgan fingerprint density at radius 3 is 2.71 bits per heavy atom. The summed E-state index contributed by atoms with van der Waals surface area (Å²) in [5.74, 6) is -0.532. The van der Waals surface area contributed by atoms with Crippen molar-refractivity contribution in [1.82, 2.24) is 19.7 Å². The SMILES string of the molecule is Fc1cc(C(c2cccc(Cl)c2)n2cncn2)c2ccccc2n1. The van der Waals surface area contributed by atoms with Crippen LogP contribution in [0, 0.1) is 5.95 Å². The van der Waals surface area contributed by atoms with Gasteiger partial charge in [0, 0.05) is 10.4 Å². The standard InChI is InChI=1S/C18H12ClFN4/c19-13-5-3-4-12(8-13)18(24-11-21-10-22-24)15-9-17(20)23-16-7-2-1-6-14(15)16/h1-11,18H. The van der Waals surface area contributed by atoms with E-state index < -0.39 is 5.95 Å². The zero-order valence-electron chi connectivity index (χ0n) is 12.5. The van der Waals surface area contributed by atoms with Crippen LogP contribution < -0.4 is 0 Å². The molecular formula is C18H12ClFN4. The quantitative estimate of drug-likeness (QED) is 0.524. The zero-order chi connectivity index (χ0) is 16.5. The molecule has 0 N–H and O–H groups in total. The summed E-state index contributed by atoms with van der Waals surface area (Å²) in [6.45, 7) is 0. The third kappa shape index (κ3) is 2.63. The molecule has 0 aliphatic rings. The van der Waals surface area contributed by atoms with Gasteiger partial charge in [-0.2, -0.15) is 9.49 Å². The normalized spacial score (nSPS) is 12.4. The number of benzene rings is 2. The van der Waals surface area contributed by atoms with Gasteiger partial charge in [0.15, 0.2) is 0 Å². The van der Waals surface area contributed by atoms with Crippen LogP contribution in [0.4, 0.5) is 4.39 Å². The average Bonchev–Trinajstić information content (AvgIpc) is 3.09. The van der Waals surface area contributed by atoms with Gasteiger partial charge in [-0.3, -0.25) is 0 Å². The van der Waals surface area contributed by atoms with Crippen molar-refractivity contribution in [1.29, 1.82) is 0 Å². The molecule has 2 aromatic heterocycles. The molecule has 1 atom stereocenters. The molecule has 0 saturated heterocycles. The summed E-state index contributed by atoms with van der Waals surface area (Å²) in [6, 6.07) is 16.0. The zero-order valence-corrected chi connectivity index (χ0v) is 13.2. The van der Waals surface area contributed by atoms with E-state index in [1.807, 2.05) is 36.4 Å². The first-order valence-corrected chi connectivity index (χ1v) is 7.75. The summed E-state index contributed by atoms with van der Waals surface area (Å²) in [6.07, 6.45) is 3.07. The number of pyridine rings is 1.